The second-order valence-electron chi connectivity index (χ2n) is 6.76. The molecule has 0 radical (unpaired) electrons. The summed E-state index contributed by atoms with van der Waals surface area (Å²) in [5.41, 5.74) is 3.60. The minimum atomic E-state index is 0.751. The molecule has 0 saturated carbocycles. The van der Waals surface area contributed by atoms with Crippen LogP contribution in [0.2, 0.25) is 0 Å². The van der Waals surface area contributed by atoms with E-state index in [0.717, 1.165) is 30.3 Å². The smallest absolute Gasteiger partial charge is 0.173 e. The Morgan fingerprint density at radius 3 is 2.11 bits per heavy atom. The van der Waals surface area contributed by atoms with Crippen LogP contribution in [0.25, 0.3) is 0 Å². The zero-order valence-corrected chi connectivity index (χ0v) is 17.5. The number of thiocarbonyl (C=S) groups is 1. The van der Waals surface area contributed by atoms with E-state index in [-0.39, 0.29) is 0 Å². The molecule has 142 valence electrons. The summed E-state index contributed by atoms with van der Waals surface area (Å²) >= 11 is 7.40. The molecule has 0 aliphatic carbocycles. The number of nitrogens with one attached hydrogen (secondary N) is 1. The number of para-hydroxylation sites is 3. The number of nitrogens with zero attached hydrogens (tertiary/aromatic N) is 2. The Morgan fingerprint density at radius 1 is 0.893 bits per heavy atom. The van der Waals surface area contributed by atoms with Gasteiger partial charge in [0, 0.05) is 35.6 Å². The molecule has 0 atom stereocenters. The van der Waals surface area contributed by atoms with E-state index >= 15 is 0 Å². The Balaban J connectivity index is 1.40. The maximum Gasteiger partial charge on any atom is 0.173 e. The van der Waals surface area contributed by atoms with Gasteiger partial charge in [0.1, 0.15) is 0 Å². The molecule has 0 unspecified atom stereocenters. The van der Waals surface area contributed by atoms with E-state index in [1.165, 1.54) is 21.2 Å². The van der Waals surface area contributed by atoms with Crippen LogP contribution in [0, 0.1) is 0 Å². The fourth-order valence-electron chi connectivity index (χ4n) is 3.33. The molecule has 0 spiro atoms. The Morgan fingerprint density at radius 2 is 1.46 bits per heavy atom. The largest absolute Gasteiger partial charge is 0.352 e. The van der Waals surface area contributed by atoms with Gasteiger partial charge < -0.3 is 15.1 Å². The first-order chi connectivity index (χ1) is 13.7. The summed E-state index contributed by atoms with van der Waals surface area (Å²) in [5.74, 6) is 0. The van der Waals surface area contributed by atoms with Crippen LogP contribution in [0.15, 0.2) is 88.7 Å². The van der Waals surface area contributed by atoms with Crippen LogP contribution >= 0.6 is 24.0 Å². The van der Waals surface area contributed by atoms with Crippen molar-refractivity contribution >= 4 is 46.2 Å². The fraction of sp³-hybridized carbons (Fsp3) is 0.174. The SMILES string of the molecule is CN(CCCN1c2ccccc2Sc2ccccc21)C(=S)Nc1ccccc1. The van der Waals surface area contributed by atoms with Gasteiger partial charge in [-0.15, -0.1) is 0 Å². The van der Waals surface area contributed by atoms with Crippen LogP contribution in [-0.2, 0) is 0 Å². The average molecular weight is 406 g/mol. The van der Waals surface area contributed by atoms with Crippen molar-refractivity contribution in [1.29, 1.82) is 0 Å². The summed E-state index contributed by atoms with van der Waals surface area (Å²) in [4.78, 5) is 7.17. The van der Waals surface area contributed by atoms with Gasteiger partial charge in [-0.25, -0.2) is 0 Å². The van der Waals surface area contributed by atoms with E-state index in [1.807, 2.05) is 49.1 Å². The standard InChI is InChI=1S/C23H23N3S2/c1-25(23(27)24-18-10-3-2-4-11-18)16-9-17-26-19-12-5-7-14-21(19)28-22-15-8-6-13-20(22)26/h2-8,10-15H,9,16-17H2,1H3,(H,24,27). The molecule has 3 aromatic carbocycles. The summed E-state index contributed by atoms with van der Waals surface area (Å²) in [7, 11) is 2.05. The van der Waals surface area contributed by atoms with Crippen molar-refractivity contribution in [3.8, 4) is 0 Å². The third-order valence-corrected chi connectivity index (χ3v) is 6.32. The van der Waals surface area contributed by atoms with Gasteiger partial charge in [0.05, 0.1) is 11.4 Å². The van der Waals surface area contributed by atoms with E-state index in [1.54, 1.807) is 0 Å². The van der Waals surface area contributed by atoms with Gasteiger partial charge in [0.2, 0.25) is 0 Å². The molecule has 0 saturated heterocycles. The normalized spacial score (nSPS) is 12.1. The summed E-state index contributed by atoms with van der Waals surface area (Å²) in [5, 5.41) is 4.05. The first-order valence-electron chi connectivity index (χ1n) is 9.43. The summed E-state index contributed by atoms with van der Waals surface area (Å²) in [6.07, 6.45) is 1.01. The fourth-order valence-corrected chi connectivity index (χ4v) is 4.63. The quantitative estimate of drug-likeness (QED) is 0.523. The maximum absolute atomic E-state index is 5.55. The van der Waals surface area contributed by atoms with Gasteiger partial charge in [-0.1, -0.05) is 54.2 Å². The lowest BCUT2D eigenvalue weighted by atomic mass is 10.2. The van der Waals surface area contributed by atoms with Crippen LogP contribution < -0.4 is 10.2 Å². The topological polar surface area (TPSA) is 18.5 Å². The third kappa shape index (κ3) is 4.16. The van der Waals surface area contributed by atoms with Gasteiger partial charge >= 0.3 is 0 Å². The van der Waals surface area contributed by atoms with Gasteiger partial charge in [0.25, 0.3) is 0 Å². The van der Waals surface area contributed by atoms with Crippen molar-refractivity contribution in [2.45, 2.75) is 16.2 Å². The maximum atomic E-state index is 5.55. The van der Waals surface area contributed by atoms with Crippen LogP contribution in [0.1, 0.15) is 6.42 Å². The molecule has 0 fully saturated rings. The number of benzene rings is 3. The van der Waals surface area contributed by atoms with Crippen molar-refractivity contribution < 1.29 is 0 Å². The van der Waals surface area contributed by atoms with E-state index in [2.05, 4.69) is 63.6 Å². The molecule has 3 nitrogen and oxygen atoms in total. The summed E-state index contributed by atoms with van der Waals surface area (Å²) in [6.45, 7) is 1.85. The van der Waals surface area contributed by atoms with Crippen LogP contribution in [0.5, 0.6) is 0 Å². The molecule has 1 heterocycles. The predicted octanol–water partition coefficient (Wildman–Crippen LogP) is 6.01. The molecule has 28 heavy (non-hydrogen) atoms. The lowest BCUT2D eigenvalue weighted by Crippen LogP contribution is -2.33. The highest BCUT2D eigenvalue weighted by molar-refractivity contribution is 7.99. The predicted molar refractivity (Wildman–Crippen MR) is 124 cm³/mol. The summed E-state index contributed by atoms with van der Waals surface area (Å²) in [6, 6.07) is 27.4. The van der Waals surface area contributed by atoms with E-state index < -0.39 is 0 Å². The Labute approximate surface area is 176 Å². The molecule has 3 aromatic rings. The van der Waals surface area contributed by atoms with Crippen LogP contribution in [-0.4, -0.2) is 30.1 Å². The molecular formula is C23H23N3S2. The zero-order chi connectivity index (χ0) is 19.3. The van der Waals surface area contributed by atoms with Gasteiger partial charge in [0.15, 0.2) is 5.11 Å². The highest BCUT2D eigenvalue weighted by Crippen LogP contribution is 2.47. The highest BCUT2D eigenvalue weighted by atomic mass is 32.2. The van der Waals surface area contributed by atoms with E-state index in [9.17, 15) is 0 Å². The molecule has 5 heteroatoms. The van der Waals surface area contributed by atoms with Crippen molar-refractivity contribution in [3.63, 3.8) is 0 Å². The highest BCUT2D eigenvalue weighted by Gasteiger charge is 2.22. The number of rotatable bonds is 5. The van der Waals surface area contributed by atoms with E-state index in [4.69, 9.17) is 12.2 Å². The van der Waals surface area contributed by atoms with Crippen molar-refractivity contribution in [3.05, 3.63) is 78.9 Å². The minimum Gasteiger partial charge on any atom is -0.352 e. The number of hydrogen-bond donors (Lipinski definition) is 1. The molecule has 1 aliphatic heterocycles. The third-order valence-electron chi connectivity index (χ3n) is 4.78. The first kappa shape index (κ1) is 18.8. The summed E-state index contributed by atoms with van der Waals surface area (Å²) < 4.78 is 0. The molecule has 0 bridgehead atoms. The molecule has 0 aromatic heterocycles. The van der Waals surface area contributed by atoms with Gasteiger partial charge in [-0.05, 0) is 55.0 Å². The molecular weight excluding hydrogens is 382 g/mol. The Kier molecular flexibility index (Phi) is 5.84. The lowest BCUT2D eigenvalue weighted by Gasteiger charge is -2.33. The van der Waals surface area contributed by atoms with Crippen molar-refractivity contribution in [2.75, 3.05) is 30.4 Å². The number of hydrogen-bond acceptors (Lipinski definition) is 3. The number of anilines is 3. The molecule has 0 amide bonds. The number of fused-ring (bicyclic) bond motifs is 2. The second-order valence-corrected chi connectivity index (χ2v) is 8.23. The van der Waals surface area contributed by atoms with Crippen LogP contribution in [0.3, 0.4) is 0 Å². The lowest BCUT2D eigenvalue weighted by molar-refractivity contribution is 0.497. The minimum absolute atomic E-state index is 0.751. The van der Waals surface area contributed by atoms with Gasteiger partial charge in [-0.2, -0.15) is 0 Å². The zero-order valence-electron chi connectivity index (χ0n) is 15.8. The van der Waals surface area contributed by atoms with Crippen LogP contribution in [0.4, 0.5) is 17.1 Å². The van der Waals surface area contributed by atoms with Crippen molar-refractivity contribution in [2.24, 2.45) is 0 Å². The second kappa shape index (κ2) is 8.67. The van der Waals surface area contributed by atoms with Crippen molar-refractivity contribution in [1.82, 2.24) is 4.90 Å². The molecule has 1 N–H and O–H groups in total. The Hall–Kier alpha value is -2.50. The average Bonchev–Trinajstić information content (AvgIpc) is 2.73. The first-order valence-corrected chi connectivity index (χ1v) is 10.7. The Bertz CT molecular complexity index is 913. The van der Waals surface area contributed by atoms with E-state index in [0.29, 0.717) is 0 Å². The van der Waals surface area contributed by atoms with Gasteiger partial charge in [-0.3, -0.25) is 0 Å². The molecule has 1 aliphatic rings. The molecule has 4 rings (SSSR count). The monoisotopic (exact) mass is 405 g/mol.